The molecule has 266 valence electrons. The minimum Gasteiger partial charge on any atom is -0.452 e. The van der Waals surface area contributed by atoms with Crippen LogP contribution in [-0.2, 0) is 0 Å². The van der Waals surface area contributed by atoms with E-state index in [9.17, 15) is 0 Å². The van der Waals surface area contributed by atoms with Crippen LogP contribution in [0.2, 0.25) is 0 Å². The summed E-state index contributed by atoms with van der Waals surface area (Å²) in [4.78, 5) is 20.5. The summed E-state index contributed by atoms with van der Waals surface area (Å²) in [6.45, 7) is 0. The van der Waals surface area contributed by atoms with E-state index in [-0.39, 0.29) is 0 Å². The van der Waals surface area contributed by atoms with Crippen LogP contribution in [0.4, 0.5) is 0 Å². The third-order valence-corrected chi connectivity index (χ3v) is 10.8. The second-order valence-electron chi connectivity index (χ2n) is 14.2. The average molecular weight is 732 g/mol. The van der Waals surface area contributed by atoms with Gasteiger partial charge in [0.15, 0.2) is 22.8 Å². The summed E-state index contributed by atoms with van der Waals surface area (Å²) in [6, 6.07) is 59.8. The van der Waals surface area contributed by atoms with Gasteiger partial charge in [-0.05, 0) is 36.4 Å². The number of furan rings is 2. The zero-order valence-electron chi connectivity index (χ0n) is 30.3. The number of fused-ring (bicyclic) bond motifs is 9. The van der Waals surface area contributed by atoms with Crippen LogP contribution in [0, 0.1) is 0 Å². The number of hydrogen-bond acceptors (Lipinski definition) is 6. The third-order valence-electron chi connectivity index (χ3n) is 10.8. The number of para-hydroxylation sites is 1. The highest BCUT2D eigenvalue weighted by atomic mass is 16.3. The van der Waals surface area contributed by atoms with Gasteiger partial charge in [-0.25, -0.2) is 19.9 Å². The maximum absolute atomic E-state index is 6.73. The van der Waals surface area contributed by atoms with Crippen LogP contribution in [0.25, 0.3) is 117 Å². The molecular weight excluding hydrogens is 703 g/mol. The third kappa shape index (κ3) is 4.92. The molecule has 0 saturated carbocycles. The molecule has 0 unspecified atom stereocenters. The fourth-order valence-electron chi connectivity index (χ4n) is 8.17. The molecule has 0 aliphatic heterocycles. The Balaban J connectivity index is 1.13. The van der Waals surface area contributed by atoms with Crippen molar-refractivity contribution in [3.05, 3.63) is 176 Å². The molecule has 0 aliphatic carbocycles. The van der Waals surface area contributed by atoms with Gasteiger partial charge in [0.1, 0.15) is 33.6 Å². The first-order chi connectivity index (χ1) is 28.2. The molecule has 7 nitrogen and oxygen atoms in total. The molecule has 0 saturated heterocycles. The Morgan fingerprint density at radius 2 is 0.842 bits per heavy atom. The molecule has 0 amide bonds. The fourth-order valence-corrected chi connectivity index (χ4v) is 8.17. The lowest BCUT2D eigenvalue weighted by Gasteiger charge is -2.08. The topological polar surface area (TPSA) is 82.8 Å². The summed E-state index contributed by atoms with van der Waals surface area (Å²) < 4.78 is 15.7. The van der Waals surface area contributed by atoms with Gasteiger partial charge in [0.05, 0.1) is 11.0 Å². The molecular formula is C50H29N5O2. The Hall–Kier alpha value is -7.90. The van der Waals surface area contributed by atoms with Crippen molar-refractivity contribution in [1.29, 1.82) is 0 Å². The van der Waals surface area contributed by atoms with E-state index in [1.165, 1.54) is 0 Å². The average Bonchev–Trinajstić information content (AvgIpc) is 3.95. The lowest BCUT2D eigenvalue weighted by Crippen LogP contribution is -1.95. The van der Waals surface area contributed by atoms with Gasteiger partial charge in [0, 0.05) is 49.5 Å². The molecule has 7 heteroatoms. The van der Waals surface area contributed by atoms with Gasteiger partial charge in [-0.1, -0.05) is 140 Å². The SMILES string of the molecule is c1ccc(-c2nc(-c3ccccc3)c3oc4ccc(-n5c6ccccc6c6cc7oc8c(-c9ccccc9)nc(-c9ccccc9)nc8c7cc65)cc4c3n2)cc1. The van der Waals surface area contributed by atoms with Crippen molar-refractivity contribution < 1.29 is 8.83 Å². The fraction of sp³-hybridized carbons (Fsp3) is 0. The minimum absolute atomic E-state index is 0.646. The first-order valence-electron chi connectivity index (χ1n) is 18.9. The van der Waals surface area contributed by atoms with Crippen LogP contribution in [-0.4, -0.2) is 24.5 Å². The Labute approximate surface area is 325 Å². The van der Waals surface area contributed by atoms with E-state index in [4.69, 9.17) is 28.8 Å². The summed E-state index contributed by atoms with van der Waals surface area (Å²) in [5, 5.41) is 4.02. The molecule has 5 heterocycles. The molecule has 0 aliphatic rings. The van der Waals surface area contributed by atoms with Crippen LogP contribution in [0.1, 0.15) is 0 Å². The van der Waals surface area contributed by atoms with E-state index in [0.29, 0.717) is 22.8 Å². The summed E-state index contributed by atoms with van der Waals surface area (Å²) in [5.41, 5.74) is 12.8. The highest BCUT2D eigenvalue weighted by Gasteiger charge is 2.23. The number of benzene rings is 7. The zero-order valence-corrected chi connectivity index (χ0v) is 30.3. The predicted molar refractivity (Wildman–Crippen MR) is 228 cm³/mol. The number of hydrogen-bond donors (Lipinski definition) is 0. The first-order valence-corrected chi connectivity index (χ1v) is 18.9. The smallest absolute Gasteiger partial charge is 0.180 e. The molecule has 5 aromatic heterocycles. The molecule has 7 aromatic carbocycles. The van der Waals surface area contributed by atoms with Crippen molar-refractivity contribution in [3.63, 3.8) is 0 Å². The van der Waals surface area contributed by atoms with Gasteiger partial charge < -0.3 is 13.4 Å². The van der Waals surface area contributed by atoms with Gasteiger partial charge in [-0.2, -0.15) is 0 Å². The van der Waals surface area contributed by atoms with E-state index in [2.05, 4.69) is 77.4 Å². The quantitative estimate of drug-likeness (QED) is 0.175. The van der Waals surface area contributed by atoms with Crippen LogP contribution in [0.5, 0.6) is 0 Å². The highest BCUT2D eigenvalue weighted by molar-refractivity contribution is 6.18. The Bertz CT molecular complexity index is 3500. The summed E-state index contributed by atoms with van der Waals surface area (Å²) >= 11 is 0. The molecule has 12 rings (SSSR count). The maximum Gasteiger partial charge on any atom is 0.180 e. The van der Waals surface area contributed by atoms with Crippen molar-refractivity contribution in [2.45, 2.75) is 0 Å². The summed E-state index contributed by atoms with van der Waals surface area (Å²) in [7, 11) is 0. The van der Waals surface area contributed by atoms with Crippen LogP contribution in [0.15, 0.2) is 185 Å². The number of rotatable bonds is 5. The van der Waals surface area contributed by atoms with Gasteiger partial charge >= 0.3 is 0 Å². The monoisotopic (exact) mass is 731 g/mol. The molecule has 0 bridgehead atoms. The lowest BCUT2D eigenvalue weighted by atomic mass is 10.1. The Kier molecular flexibility index (Phi) is 6.79. The van der Waals surface area contributed by atoms with Crippen molar-refractivity contribution in [2.24, 2.45) is 0 Å². The lowest BCUT2D eigenvalue weighted by molar-refractivity contribution is 0.667. The number of aromatic nitrogens is 5. The second-order valence-corrected chi connectivity index (χ2v) is 14.2. The van der Waals surface area contributed by atoms with Crippen LogP contribution >= 0.6 is 0 Å². The second kappa shape index (κ2) is 12.3. The molecule has 0 spiro atoms. The predicted octanol–water partition coefficient (Wildman–Crippen LogP) is 12.8. The Morgan fingerprint density at radius 3 is 1.42 bits per heavy atom. The van der Waals surface area contributed by atoms with Gasteiger partial charge in [0.2, 0.25) is 0 Å². The number of nitrogens with zero attached hydrogens (tertiary/aromatic N) is 5. The van der Waals surface area contributed by atoms with E-state index in [1.807, 2.05) is 103 Å². The first kappa shape index (κ1) is 31.5. The van der Waals surface area contributed by atoms with Gasteiger partial charge in [0.25, 0.3) is 0 Å². The highest BCUT2D eigenvalue weighted by Crippen LogP contribution is 2.42. The minimum atomic E-state index is 0.646. The van der Waals surface area contributed by atoms with Crippen LogP contribution < -0.4 is 0 Å². The molecule has 0 N–H and O–H groups in total. The maximum atomic E-state index is 6.73. The van der Waals surface area contributed by atoms with Crippen molar-refractivity contribution in [3.8, 4) is 51.0 Å². The van der Waals surface area contributed by atoms with Gasteiger partial charge in [-0.15, -0.1) is 0 Å². The molecule has 12 aromatic rings. The molecule has 0 fully saturated rings. The van der Waals surface area contributed by atoms with Gasteiger partial charge in [-0.3, -0.25) is 0 Å². The van der Waals surface area contributed by atoms with Crippen molar-refractivity contribution >= 4 is 65.9 Å². The Morgan fingerprint density at radius 1 is 0.351 bits per heavy atom. The van der Waals surface area contributed by atoms with E-state index >= 15 is 0 Å². The van der Waals surface area contributed by atoms with Crippen molar-refractivity contribution in [1.82, 2.24) is 24.5 Å². The van der Waals surface area contributed by atoms with E-state index < -0.39 is 0 Å². The van der Waals surface area contributed by atoms with Crippen molar-refractivity contribution in [2.75, 3.05) is 0 Å². The molecule has 57 heavy (non-hydrogen) atoms. The summed E-state index contributed by atoms with van der Waals surface area (Å²) in [6.07, 6.45) is 0. The zero-order chi connectivity index (χ0) is 37.5. The molecule has 0 radical (unpaired) electrons. The van der Waals surface area contributed by atoms with E-state index in [0.717, 1.165) is 94.1 Å². The largest absolute Gasteiger partial charge is 0.452 e. The summed E-state index contributed by atoms with van der Waals surface area (Å²) in [5.74, 6) is 1.29. The van der Waals surface area contributed by atoms with E-state index in [1.54, 1.807) is 0 Å². The van der Waals surface area contributed by atoms with Crippen LogP contribution in [0.3, 0.4) is 0 Å². The standard InChI is InChI=1S/C50H29N5O2/c1-5-15-30(16-6-1)43-47-45(53-49(51-43)32-19-9-3-10-20-32)37-27-34(25-26-41(37)56-47)55-39-24-14-13-23-35(39)36-29-42-38(28-40(36)55)46-48(57-42)44(31-17-7-2-8-18-31)52-50(54-46)33-21-11-4-12-22-33/h1-29H. The molecule has 0 atom stereocenters. The normalized spacial score (nSPS) is 11.9.